The van der Waals surface area contributed by atoms with Gasteiger partial charge >= 0.3 is 0 Å². The number of hydrogen-bond acceptors (Lipinski definition) is 5. The Bertz CT molecular complexity index is 1090. The zero-order chi connectivity index (χ0) is 22.1. The average molecular weight is 440 g/mol. The second-order valence-electron chi connectivity index (χ2n) is 8.34. The van der Waals surface area contributed by atoms with E-state index in [1.54, 1.807) is 12.1 Å². The van der Waals surface area contributed by atoms with E-state index >= 15 is 0 Å². The Labute approximate surface area is 186 Å². The van der Waals surface area contributed by atoms with Gasteiger partial charge in [0.15, 0.2) is 0 Å². The molecular weight excluding hydrogens is 410 g/mol. The molecule has 2 aliphatic heterocycles. The molecular formula is C23H29N5O4. The molecule has 1 aromatic carbocycles. The fraction of sp³-hybridized carbons (Fsp3) is 0.391. The van der Waals surface area contributed by atoms with Crippen molar-refractivity contribution in [2.75, 3.05) is 22.1 Å². The van der Waals surface area contributed by atoms with Gasteiger partial charge in [-0.3, -0.25) is 19.4 Å². The first-order valence-corrected chi connectivity index (χ1v) is 10.6. The van der Waals surface area contributed by atoms with Gasteiger partial charge in [0.05, 0.1) is 11.5 Å². The fourth-order valence-electron chi connectivity index (χ4n) is 4.20. The molecule has 5 N–H and O–H groups in total. The van der Waals surface area contributed by atoms with Crippen LogP contribution in [0.4, 0.5) is 17.5 Å². The van der Waals surface area contributed by atoms with Gasteiger partial charge in [0.2, 0.25) is 17.8 Å². The van der Waals surface area contributed by atoms with E-state index in [-0.39, 0.29) is 35.2 Å². The van der Waals surface area contributed by atoms with Crippen LogP contribution in [0.3, 0.4) is 0 Å². The van der Waals surface area contributed by atoms with E-state index in [1.165, 1.54) is 0 Å². The number of carbonyl (C=O) groups is 2. The standard InChI is InChI=1S/C23H27N5O3.H2O/c1-13(2)15-7-9-16(10-8-15)24-21(30)17-12-18(29)25-20-19(17)22(31)27-23(26-20)28-11-5-4-6-14(28)3;/h7-10,14,17H,1,4-6,11-12H2,2-3H3,(H,24,30)(H2,25,26,27,29,31);1H2. The third-order valence-corrected chi connectivity index (χ3v) is 5.98. The molecule has 0 radical (unpaired) electrons. The van der Waals surface area contributed by atoms with Crippen molar-refractivity contribution in [3.8, 4) is 0 Å². The van der Waals surface area contributed by atoms with Crippen molar-refractivity contribution in [2.24, 2.45) is 0 Å². The number of rotatable bonds is 4. The fourth-order valence-corrected chi connectivity index (χ4v) is 4.20. The number of fused-ring (bicyclic) bond motifs is 1. The van der Waals surface area contributed by atoms with Crippen molar-refractivity contribution in [1.29, 1.82) is 0 Å². The molecule has 1 saturated heterocycles. The summed E-state index contributed by atoms with van der Waals surface area (Å²) >= 11 is 0. The number of benzene rings is 1. The van der Waals surface area contributed by atoms with Crippen LogP contribution in [0.25, 0.3) is 5.57 Å². The number of piperidine rings is 1. The van der Waals surface area contributed by atoms with Gasteiger partial charge in [0.25, 0.3) is 5.56 Å². The van der Waals surface area contributed by atoms with E-state index in [0.29, 0.717) is 11.6 Å². The van der Waals surface area contributed by atoms with Gasteiger partial charge in [-0.2, -0.15) is 4.98 Å². The Morgan fingerprint density at radius 1 is 1.22 bits per heavy atom. The molecule has 9 heteroatoms. The summed E-state index contributed by atoms with van der Waals surface area (Å²) < 4.78 is 0. The highest BCUT2D eigenvalue weighted by Crippen LogP contribution is 2.31. The lowest BCUT2D eigenvalue weighted by Crippen LogP contribution is -2.41. The monoisotopic (exact) mass is 439 g/mol. The topological polar surface area (TPSA) is 139 Å². The van der Waals surface area contributed by atoms with Gasteiger partial charge in [0, 0.05) is 24.7 Å². The number of aromatic amines is 1. The summed E-state index contributed by atoms with van der Waals surface area (Å²) in [6, 6.07) is 7.51. The molecule has 2 unspecified atom stereocenters. The van der Waals surface area contributed by atoms with Crippen molar-refractivity contribution in [2.45, 2.75) is 51.5 Å². The number of nitrogens with zero attached hydrogens (tertiary/aromatic N) is 2. The molecule has 2 aromatic rings. The highest BCUT2D eigenvalue weighted by molar-refractivity contribution is 6.04. The van der Waals surface area contributed by atoms with Crippen LogP contribution in [0.15, 0.2) is 35.6 Å². The summed E-state index contributed by atoms with van der Waals surface area (Å²) in [5, 5.41) is 5.49. The van der Waals surface area contributed by atoms with Gasteiger partial charge in [-0.25, -0.2) is 0 Å². The molecule has 0 spiro atoms. The first-order valence-electron chi connectivity index (χ1n) is 10.6. The van der Waals surface area contributed by atoms with Crippen molar-refractivity contribution < 1.29 is 15.1 Å². The highest BCUT2D eigenvalue weighted by atomic mass is 16.2. The van der Waals surface area contributed by atoms with Crippen LogP contribution in [-0.2, 0) is 9.59 Å². The molecule has 2 amide bonds. The summed E-state index contributed by atoms with van der Waals surface area (Å²) in [4.78, 5) is 47.7. The van der Waals surface area contributed by atoms with Crippen LogP contribution in [0.1, 0.15) is 56.6 Å². The van der Waals surface area contributed by atoms with Gasteiger partial charge in [0.1, 0.15) is 5.82 Å². The zero-order valence-corrected chi connectivity index (χ0v) is 18.3. The molecule has 170 valence electrons. The molecule has 1 aromatic heterocycles. The molecule has 2 atom stereocenters. The van der Waals surface area contributed by atoms with E-state index in [9.17, 15) is 14.4 Å². The summed E-state index contributed by atoms with van der Waals surface area (Å²) in [7, 11) is 0. The molecule has 2 aliphatic rings. The maximum Gasteiger partial charge on any atom is 0.258 e. The molecule has 0 bridgehead atoms. The number of H-pyrrole nitrogens is 1. The van der Waals surface area contributed by atoms with E-state index in [0.717, 1.165) is 36.9 Å². The quantitative estimate of drug-likeness (QED) is 0.671. The third kappa shape index (κ3) is 4.57. The summed E-state index contributed by atoms with van der Waals surface area (Å²) in [6.45, 7) is 8.69. The van der Waals surface area contributed by atoms with Crippen LogP contribution in [-0.4, -0.2) is 39.8 Å². The normalized spacial score (nSPS) is 19.9. The van der Waals surface area contributed by atoms with Gasteiger partial charge in [-0.1, -0.05) is 24.3 Å². The number of amides is 2. The summed E-state index contributed by atoms with van der Waals surface area (Å²) in [5.74, 6) is -1.04. The third-order valence-electron chi connectivity index (χ3n) is 5.98. The molecule has 0 aliphatic carbocycles. The Morgan fingerprint density at radius 2 is 1.94 bits per heavy atom. The van der Waals surface area contributed by atoms with Crippen LogP contribution >= 0.6 is 0 Å². The smallest absolute Gasteiger partial charge is 0.258 e. The maximum absolute atomic E-state index is 13.0. The predicted octanol–water partition coefficient (Wildman–Crippen LogP) is 2.42. The molecule has 1 fully saturated rings. The Balaban J connectivity index is 0.00000289. The average Bonchev–Trinajstić information content (AvgIpc) is 2.73. The van der Waals surface area contributed by atoms with Crippen molar-refractivity contribution in [3.05, 3.63) is 52.3 Å². The number of nitrogens with one attached hydrogen (secondary N) is 3. The SMILES string of the molecule is C=C(C)c1ccc(NC(=O)C2CC(=O)Nc3nc(N4CCCCC4C)[nH]c(=O)c32)cc1.O. The van der Waals surface area contributed by atoms with Crippen molar-refractivity contribution >= 4 is 34.8 Å². The summed E-state index contributed by atoms with van der Waals surface area (Å²) in [5.41, 5.74) is 2.29. The number of hydrogen-bond donors (Lipinski definition) is 3. The second-order valence-corrected chi connectivity index (χ2v) is 8.34. The number of carbonyl (C=O) groups excluding carboxylic acids is 2. The maximum atomic E-state index is 13.0. The first-order chi connectivity index (χ1) is 14.8. The van der Waals surface area contributed by atoms with Crippen molar-refractivity contribution in [3.63, 3.8) is 0 Å². The van der Waals surface area contributed by atoms with Crippen LogP contribution in [0, 0.1) is 0 Å². The molecule has 0 saturated carbocycles. The van der Waals surface area contributed by atoms with Crippen LogP contribution < -0.4 is 21.1 Å². The number of anilines is 3. The zero-order valence-electron chi connectivity index (χ0n) is 18.3. The molecule has 4 rings (SSSR count). The van der Waals surface area contributed by atoms with Crippen molar-refractivity contribution in [1.82, 2.24) is 9.97 Å². The van der Waals surface area contributed by atoms with E-state index in [1.807, 2.05) is 24.0 Å². The Kier molecular flexibility index (Phi) is 6.78. The van der Waals surface area contributed by atoms with Crippen LogP contribution in [0.2, 0.25) is 0 Å². The lowest BCUT2D eigenvalue weighted by molar-refractivity contribution is -0.123. The molecule has 3 heterocycles. The lowest BCUT2D eigenvalue weighted by atomic mass is 9.92. The minimum atomic E-state index is -0.909. The van der Waals surface area contributed by atoms with Gasteiger partial charge in [-0.05, 0) is 50.8 Å². The van der Waals surface area contributed by atoms with E-state index in [4.69, 9.17) is 0 Å². The Hall–Kier alpha value is -3.46. The van der Waals surface area contributed by atoms with E-state index in [2.05, 4.69) is 34.1 Å². The number of allylic oxidation sites excluding steroid dienone is 1. The van der Waals surface area contributed by atoms with Gasteiger partial charge in [-0.15, -0.1) is 0 Å². The van der Waals surface area contributed by atoms with E-state index < -0.39 is 17.4 Å². The molecule has 9 nitrogen and oxygen atoms in total. The highest BCUT2D eigenvalue weighted by Gasteiger charge is 2.35. The molecule has 32 heavy (non-hydrogen) atoms. The Morgan fingerprint density at radius 3 is 2.59 bits per heavy atom. The number of aromatic nitrogens is 2. The second kappa shape index (κ2) is 9.35. The van der Waals surface area contributed by atoms with Crippen LogP contribution in [0.5, 0.6) is 0 Å². The predicted molar refractivity (Wildman–Crippen MR) is 125 cm³/mol. The largest absolute Gasteiger partial charge is 0.412 e. The minimum absolute atomic E-state index is 0. The first kappa shape index (κ1) is 23.2. The minimum Gasteiger partial charge on any atom is -0.412 e. The van der Waals surface area contributed by atoms with Gasteiger partial charge < -0.3 is 21.0 Å². The summed E-state index contributed by atoms with van der Waals surface area (Å²) in [6.07, 6.45) is 3.07. The lowest BCUT2D eigenvalue weighted by Gasteiger charge is -2.34.